The fraction of sp³-hybridized carbons (Fsp3) is 0.909. The Kier molecular flexibility index (Phi) is 5.18. The van der Waals surface area contributed by atoms with E-state index in [0.717, 1.165) is 13.1 Å². The van der Waals surface area contributed by atoms with Crippen LogP contribution in [0.1, 0.15) is 6.92 Å². The molecule has 0 aromatic heterocycles. The van der Waals surface area contributed by atoms with Crippen LogP contribution in [0.2, 0.25) is 0 Å². The third kappa shape index (κ3) is 3.73. The van der Waals surface area contributed by atoms with Crippen LogP contribution >= 0.6 is 0 Å². The molecule has 0 aliphatic carbocycles. The molecular formula is C11H24N4O. The second kappa shape index (κ2) is 6.18. The molecule has 3 N–H and O–H groups in total. The van der Waals surface area contributed by atoms with E-state index >= 15 is 0 Å². The van der Waals surface area contributed by atoms with Gasteiger partial charge in [-0.15, -0.1) is 0 Å². The number of nitrogens with one attached hydrogen (secondary N) is 1. The van der Waals surface area contributed by atoms with Gasteiger partial charge in [0.2, 0.25) is 5.91 Å². The summed E-state index contributed by atoms with van der Waals surface area (Å²) in [4.78, 5) is 16.0. The summed E-state index contributed by atoms with van der Waals surface area (Å²) in [5.74, 6) is 0.703. The van der Waals surface area contributed by atoms with Crippen LogP contribution < -0.4 is 11.1 Å². The fourth-order valence-electron chi connectivity index (χ4n) is 2.32. The van der Waals surface area contributed by atoms with Gasteiger partial charge in [-0.1, -0.05) is 6.92 Å². The third-order valence-corrected chi connectivity index (χ3v) is 3.15. The molecule has 1 aliphatic rings. The lowest BCUT2D eigenvalue weighted by Gasteiger charge is -2.22. The smallest absolute Gasteiger partial charge is 0.234 e. The Morgan fingerprint density at radius 2 is 2.19 bits per heavy atom. The van der Waals surface area contributed by atoms with Crippen molar-refractivity contribution in [2.24, 2.45) is 11.7 Å². The Labute approximate surface area is 98.0 Å². The first-order valence-electron chi connectivity index (χ1n) is 5.90. The maximum Gasteiger partial charge on any atom is 0.234 e. The molecular weight excluding hydrogens is 204 g/mol. The van der Waals surface area contributed by atoms with Gasteiger partial charge < -0.3 is 16.0 Å². The maximum atomic E-state index is 11.5. The number of hydrogen-bond acceptors (Lipinski definition) is 4. The van der Waals surface area contributed by atoms with E-state index in [-0.39, 0.29) is 5.91 Å². The van der Waals surface area contributed by atoms with Crippen LogP contribution in [0.4, 0.5) is 0 Å². The topological polar surface area (TPSA) is 61.6 Å². The van der Waals surface area contributed by atoms with Gasteiger partial charge in [-0.05, 0) is 20.0 Å². The number of likely N-dealkylation sites (N-methyl/N-ethyl adjacent to an activating group) is 1. The van der Waals surface area contributed by atoms with Gasteiger partial charge in [0.05, 0.1) is 6.54 Å². The molecule has 0 aromatic carbocycles. The van der Waals surface area contributed by atoms with Crippen LogP contribution in [0.25, 0.3) is 0 Å². The van der Waals surface area contributed by atoms with Gasteiger partial charge in [0.15, 0.2) is 0 Å². The number of amides is 1. The highest BCUT2D eigenvalue weighted by molar-refractivity contribution is 5.78. The first kappa shape index (κ1) is 13.4. The molecule has 16 heavy (non-hydrogen) atoms. The number of hydrogen-bond donors (Lipinski definition) is 2. The van der Waals surface area contributed by atoms with Crippen molar-refractivity contribution in [3.63, 3.8) is 0 Å². The summed E-state index contributed by atoms with van der Waals surface area (Å²) in [7, 11) is 4.19. The second-order valence-electron chi connectivity index (χ2n) is 4.84. The molecule has 0 saturated carbocycles. The Morgan fingerprint density at radius 1 is 1.50 bits per heavy atom. The number of nitrogens with zero attached hydrogens (tertiary/aromatic N) is 2. The average molecular weight is 228 g/mol. The first-order valence-corrected chi connectivity index (χ1v) is 5.90. The molecule has 5 nitrogen and oxygen atoms in total. The predicted molar refractivity (Wildman–Crippen MR) is 65.1 cm³/mol. The van der Waals surface area contributed by atoms with E-state index in [9.17, 15) is 4.79 Å². The van der Waals surface area contributed by atoms with Crippen molar-refractivity contribution in [1.29, 1.82) is 0 Å². The van der Waals surface area contributed by atoms with Crippen LogP contribution in [0.15, 0.2) is 0 Å². The van der Waals surface area contributed by atoms with Crippen LogP contribution in [-0.2, 0) is 4.79 Å². The van der Waals surface area contributed by atoms with Gasteiger partial charge in [-0.2, -0.15) is 0 Å². The zero-order valence-corrected chi connectivity index (χ0v) is 10.6. The van der Waals surface area contributed by atoms with Gasteiger partial charge >= 0.3 is 0 Å². The number of rotatable bonds is 5. The van der Waals surface area contributed by atoms with Crippen LogP contribution in [0, 0.1) is 5.92 Å². The Bertz CT molecular complexity index is 232. The zero-order chi connectivity index (χ0) is 12.1. The molecule has 1 fully saturated rings. The van der Waals surface area contributed by atoms with Crippen molar-refractivity contribution in [2.75, 3.05) is 46.8 Å². The van der Waals surface area contributed by atoms with E-state index in [1.807, 2.05) is 0 Å². The van der Waals surface area contributed by atoms with Crippen molar-refractivity contribution < 1.29 is 4.79 Å². The molecule has 0 radical (unpaired) electrons. The molecule has 0 bridgehead atoms. The number of likely N-dealkylation sites (tertiary alicyclic amines) is 1. The van der Waals surface area contributed by atoms with E-state index in [2.05, 4.69) is 36.1 Å². The van der Waals surface area contributed by atoms with Crippen molar-refractivity contribution in [3.8, 4) is 0 Å². The lowest BCUT2D eigenvalue weighted by Crippen LogP contribution is -2.39. The lowest BCUT2D eigenvalue weighted by atomic mass is 10.1. The average Bonchev–Trinajstić information content (AvgIpc) is 2.56. The summed E-state index contributed by atoms with van der Waals surface area (Å²) in [5, 5.41) is 2.80. The van der Waals surface area contributed by atoms with Gasteiger partial charge in [0.1, 0.15) is 0 Å². The summed E-state index contributed by atoms with van der Waals surface area (Å²) >= 11 is 0. The molecule has 1 rings (SSSR count). The SMILES string of the molecule is CC1CN(CC(=O)NCCN)CC1N(C)C. The lowest BCUT2D eigenvalue weighted by molar-refractivity contribution is -0.122. The van der Waals surface area contributed by atoms with E-state index in [0.29, 0.717) is 31.6 Å². The Balaban J connectivity index is 2.32. The summed E-state index contributed by atoms with van der Waals surface area (Å²) < 4.78 is 0. The predicted octanol–water partition coefficient (Wildman–Crippen LogP) is -1.06. The van der Waals surface area contributed by atoms with Crippen molar-refractivity contribution in [2.45, 2.75) is 13.0 Å². The van der Waals surface area contributed by atoms with Crippen LogP contribution in [0.3, 0.4) is 0 Å². The number of carbonyl (C=O) groups is 1. The van der Waals surface area contributed by atoms with E-state index < -0.39 is 0 Å². The van der Waals surface area contributed by atoms with Crippen molar-refractivity contribution >= 4 is 5.91 Å². The molecule has 0 spiro atoms. The van der Waals surface area contributed by atoms with Gasteiger partial charge in [0.25, 0.3) is 0 Å². The van der Waals surface area contributed by atoms with Crippen LogP contribution in [-0.4, -0.2) is 68.6 Å². The number of carbonyl (C=O) groups excluding carboxylic acids is 1. The first-order chi connectivity index (χ1) is 7.54. The molecule has 94 valence electrons. The standard InChI is InChI=1S/C11H24N4O/c1-9-6-15(7-10(9)14(2)3)8-11(16)13-5-4-12/h9-10H,4-8,12H2,1-3H3,(H,13,16). The molecule has 5 heteroatoms. The molecule has 2 atom stereocenters. The van der Waals surface area contributed by atoms with E-state index in [1.165, 1.54) is 0 Å². The molecule has 0 aromatic rings. The summed E-state index contributed by atoms with van der Waals surface area (Å²) in [5.41, 5.74) is 5.33. The van der Waals surface area contributed by atoms with Crippen molar-refractivity contribution in [3.05, 3.63) is 0 Å². The highest BCUT2D eigenvalue weighted by atomic mass is 16.2. The van der Waals surface area contributed by atoms with Gasteiger partial charge in [-0.3, -0.25) is 9.69 Å². The quantitative estimate of drug-likeness (QED) is 0.630. The Hall–Kier alpha value is -0.650. The third-order valence-electron chi connectivity index (χ3n) is 3.15. The second-order valence-corrected chi connectivity index (χ2v) is 4.84. The largest absolute Gasteiger partial charge is 0.354 e. The normalized spacial score (nSPS) is 26.3. The molecule has 1 amide bonds. The highest BCUT2D eigenvalue weighted by Crippen LogP contribution is 2.19. The molecule has 1 aliphatic heterocycles. The van der Waals surface area contributed by atoms with Gasteiger partial charge in [0, 0.05) is 32.2 Å². The van der Waals surface area contributed by atoms with Crippen molar-refractivity contribution in [1.82, 2.24) is 15.1 Å². The monoisotopic (exact) mass is 228 g/mol. The summed E-state index contributed by atoms with van der Waals surface area (Å²) in [6.07, 6.45) is 0. The molecule has 2 unspecified atom stereocenters. The Morgan fingerprint density at radius 3 is 2.69 bits per heavy atom. The fourth-order valence-corrected chi connectivity index (χ4v) is 2.32. The minimum Gasteiger partial charge on any atom is -0.354 e. The zero-order valence-electron chi connectivity index (χ0n) is 10.6. The maximum absolute atomic E-state index is 11.5. The van der Waals surface area contributed by atoms with E-state index in [1.54, 1.807) is 0 Å². The minimum atomic E-state index is 0.0806. The van der Waals surface area contributed by atoms with E-state index in [4.69, 9.17) is 5.73 Å². The van der Waals surface area contributed by atoms with Gasteiger partial charge in [-0.25, -0.2) is 0 Å². The minimum absolute atomic E-state index is 0.0806. The molecule has 1 saturated heterocycles. The highest BCUT2D eigenvalue weighted by Gasteiger charge is 2.31. The number of nitrogens with two attached hydrogens (primary N) is 1. The molecule has 1 heterocycles. The summed E-state index contributed by atoms with van der Waals surface area (Å²) in [6, 6.07) is 0.558. The summed E-state index contributed by atoms with van der Waals surface area (Å²) in [6.45, 7) is 5.78. The van der Waals surface area contributed by atoms with Crippen LogP contribution in [0.5, 0.6) is 0 Å².